The molecule has 1 aromatic carbocycles. The maximum atomic E-state index is 10.7. The number of fused-ring (bicyclic) bond motifs is 1. The lowest BCUT2D eigenvalue weighted by atomic mass is 10.0. The van der Waals surface area contributed by atoms with Crippen molar-refractivity contribution in [1.82, 2.24) is 0 Å². The Morgan fingerprint density at radius 3 is 2.72 bits per heavy atom. The second-order valence-electron chi connectivity index (χ2n) is 4.32. The summed E-state index contributed by atoms with van der Waals surface area (Å²) in [6.45, 7) is 1.75. The molecule has 0 saturated heterocycles. The van der Waals surface area contributed by atoms with Crippen LogP contribution in [-0.2, 0) is 5.60 Å². The van der Waals surface area contributed by atoms with Crippen molar-refractivity contribution in [3.05, 3.63) is 57.8 Å². The van der Waals surface area contributed by atoms with Gasteiger partial charge in [0.1, 0.15) is 0 Å². The van der Waals surface area contributed by atoms with Gasteiger partial charge in [-0.15, -0.1) is 11.3 Å². The van der Waals surface area contributed by atoms with Crippen LogP contribution in [0.15, 0.2) is 51.6 Å². The predicted octanol–water partition coefficient (Wildman–Crippen LogP) is 4.51. The quantitative estimate of drug-likeness (QED) is 0.752. The number of rotatable bonds is 2. The third-order valence-corrected chi connectivity index (χ3v) is 4.92. The Morgan fingerprint density at radius 2 is 2.06 bits per heavy atom. The molecule has 1 atom stereocenters. The molecule has 2 nitrogen and oxygen atoms in total. The molecule has 0 saturated carbocycles. The zero-order chi connectivity index (χ0) is 12.8. The first kappa shape index (κ1) is 12.0. The number of benzene rings is 1. The average molecular weight is 323 g/mol. The summed E-state index contributed by atoms with van der Waals surface area (Å²) >= 11 is 4.97. The van der Waals surface area contributed by atoms with E-state index in [1.807, 2.05) is 24.3 Å². The largest absolute Gasteiger partial charge is 0.465 e. The van der Waals surface area contributed by atoms with E-state index in [1.165, 1.54) is 0 Å². The Bertz CT molecular complexity index is 663. The van der Waals surface area contributed by atoms with Crippen LogP contribution >= 0.6 is 27.3 Å². The highest BCUT2D eigenvalue weighted by Crippen LogP contribution is 2.40. The molecule has 0 fully saturated rings. The third kappa shape index (κ3) is 1.81. The summed E-state index contributed by atoms with van der Waals surface area (Å²) in [6.07, 6.45) is 1.57. The van der Waals surface area contributed by atoms with Gasteiger partial charge in [-0.1, -0.05) is 18.2 Å². The topological polar surface area (TPSA) is 33.4 Å². The molecule has 0 radical (unpaired) electrons. The highest BCUT2D eigenvalue weighted by Gasteiger charge is 2.32. The van der Waals surface area contributed by atoms with Gasteiger partial charge in [0.2, 0.25) is 0 Å². The number of hydrogen-bond acceptors (Lipinski definition) is 3. The van der Waals surface area contributed by atoms with Gasteiger partial charge in [0, 0.05) is 9.58 Å². The highest BCUT2D eigenvalue weighted by atomic mass is 79.9. The van der Waals surface area contributed by atoms with Gasteiger partial charge < -0.3 is 9.52 Å². The van der Waals surface area contributed by atoms with E-state index in [1.54, 1.807) is 30.6 Å². The van der Waals surface area contributed by atoms with Gasteiger partial charge in [-0.05, 0) is 46.4 Å². The summed E-state index contributed by atoms with van der Waals surface area (Å²) in [5.74, 6) is 0.536. The van der Waals surface area contributed by atoms with E-state index in [-0.39, 0.29) is 0 Å². The van der Waals surface area contributed by atoms with Gasteiger partial charge in [-0.25, -0.2) is 0 Å². The lowest BCUT2D eigenvalue weighted by molar-refractivity contribution is 0.0795. The average Bonchev–Trinajstić information content (AvgIpc) is 2.94. The molecule has 1 N–H and O–H groups in total. The molecule has 0 spiro atoms. The standard InChI is InChI=1S/C14H11BrO2S/c1-14(16,13-10(15)6-7-17-13)12-8-9-4-2-3-5-11(9)18-12/h2-8,16H,1H3. The predicted molar refractivity (Wildman–Crippen MR) is 76.9 cm³/mol. The van der Waals surface area contributed by atoms with Crippen molar-refractivity contribution in [2.75, 3.05) is 0 Å². The van der Waals surface area contributed by atoms with Crippen LogP contribution in [0.5, 0.6) is 0 Å². The third-order valence-electron chi connectivity index (χ3n) is 2.96. The molecule has 3 aromatic rings. The van der Waals surface area contributed by atoms with Crippen LogP contribution < -0.4 is 0 Å². The minimum absolute atomic E-state index is 0.536. The maximum Gasteiger partial charge on any atom is 0.154 e. The van der Waals surface area contributed by atoms with E-state index in [9.17, 15) is 5.11 Å². The fourth-order valence-corrected chi connectivity index (χ4v) is 3.67. The van der Waals surface area contributed by atoms with Crippen LogP contribution in [0.2, 0.25) is 0 Å². The Morgan fingerprint density at radius 1 is 1.28 bits per heavy atom. The molecule has 0 aliphatic heterocycles. The number of aliphatic hydroxyl groups is 1. The monoisotopic (exact) mass is 322 g/mol. The number of halogens is 1. The molecule has 4 heteroatoms. The lowest BCUT2D eigenvalue weighted by Gasteiger charge is -2.19. The second-order valence-corrected chi connectivity index (χ2v) is 6.26. The van der Waals surface area contributed by atoms with Crippen LogP contribution in [0.25, 0.3) is 10.1 Å². The number of furan rings is 1. The zero-order valence-corrected chi connectivity index (χ0v) is 12.1. The Labute approximate surface area is 117 Å². The van der Waals surface area contributed by atoms with Crippen molar-refractivity contribution in [2.24, 2.45) is 0 Å². The molecule has 2 aromatic heterocycles. The maximum absolute atomic E-state index is 10.7. The highest BCUT2D eigenvalue weighted by molar-refractivity contribution is 9.10. The summed E-state index contributed by atoms with van der Waals surface area (Å²) < 4.78 is 7.33. The molecule has 1 unspecified atom stereocenters. The van der Waals surface area contributed by atoms with Crippen molar-refractivity contribution >= 4 is 37.4 Å². The zero-order valence-electron chi connectivity index (χ0n) is 9.68. The Balaban J connectivity index is 2.16. The molecule has 18 heavy (non-hydrogen) atoms. The van der Waals surface area contributed by atoms with Crippen LogP contribution in [-0.4, -0.2) is 5.11 Å². The van der Waals surface area contributed by atoms with Gasteiger partial charge in [-0.2, -0.15) is 0 Å². The Kier molecular flexibility index (Phi) is 2.81. The van der Waals surface area contributed by atoms with Gasteiger partial charge in [0.05, 0.1) is 10.7 Å². The van der Waals surface area contributed by atoms with Gasteiger partial charge >= 0.3 is 0 Å². The fraction of sp³-hybridized carbons (Fsp3) is 0.143. The molecule has 2 heterocycles. The van der Waals surface area contributed by atoms with Crippen molar-refractivity contribution in [1.29, 1.82) is 0 Å². The van der Waals surface area contributed by atoms with Crippen LogP contribution in [0.4, 0.5) is 0 Å². The lowest BCUT2D eigenvalue weighted by Crippen LogP contribution is -2.20. The fourth-order valence-electron chi connectivity index (χ4n) is 1.97. The normalized spacial score (nSPS) is 14.8. The first-order valence-electron chi connectivity index (χ1n) is 5.54. The van der Waals surface area contributed by atoms with E-state index < -0.39 is 5.60 Å². The van der Waals surface area contributed by atoms with Crippen LogP contribution in [0, 0.1) is 0 Å². The molecule has 92 valence electrons. The van der Waals surface area contributed by atoms with Crippen molar-refractivity contribution in [3.63, 3.8) is 0 Å². The molecule has 0 bridgehead atoms. The van der Waals surface area contributed by atoms with E-state index in [2.05, 4.69) is 22.0 Å². The summed E-state index contributed by atoms with van der Waals surface area (Å²) in [6, 6.07) is 11.9. The smallest absolute Gasteiger partial charge is 0.154 e. The minimum atomic E-state index is -1.12. The molecular weight excluding hydrogens is 312 g/mol. The summed E-state index contributed by atoms with van der Waals surface area (Å²) in [5, 5.41) is 11.9. The van der Waals surface area contributed by atoms with Crippen molar-refractivity contribution in [3.8, 4) is 0 Å². The van der Waals surface area contributed by atoms with E-state index >= 15 is 0 Å². The van der Waals surface area contributed by atoms with E-state index in [4.69, 9.17) is 4.42 Å². The Hall–Kier alpha value is -1.10. The van der Waals surface area contributed by atoms with Gasteiger partial charge in [0.15, 0.2) is 11.4 Å². The summed E-state index contributed by atoms with van der Waals surface area (Å²) in [4.78, 5) is 0.874. The number of thiophene rings is 1. The first-order chi connectivity index (χ1) is 8.59. The van der Waals surface area contributed by atoms with Crippen LogP contribution in [0.3, 0.4) is 0 Å². The van der Waals surface area contributed by atoms with Crippen molar-refractivity contribution in [2.45, 2.75) is 12.5 Å². The molecule has 0 amide bonds. The summed E-state index contributed by atoms with van der Waals surface area (Å²) in [7, 11) is 0. The van der Waals surface area contributed by atoms with Crippen LogP contribution in [0.1, 0.15) is 17.6 Å². The van der Waals surface area contributed by atoms with E-state index in [0.717, 1.165) is 19.4 Å². The number of hydrogen-bond donors (Lipinski definition) is 1. The van der Waals surface area contributed by atoms with Crippen molar-refractivity contribution < 1.29 is 9.52 Å². The molecular formula is C14H11BrO2S. The SMILES string of the molecule is CC(O)(c1cc2ccccc2s1)c1occc1Br. The summed E-state index contributed by atoms with van der Waals surface area (Å²) in [5.41, 5.74) is -1.12. The first-order valence-corrected chi connectivity index (χ1v) is 7.15. The van der Waals surface area contributed by atoms with Gasteiger partial charge in [0.25, 0.3) is 0 Å². The van der Waals surface area contributed by atoms with Gasteiger partial charge in [-0.3, -0.25) is 0 Å². The molecule has 0 aliphatic carbocycles. The minimum Gasteiger partial charge on any atom is -0.465 e. The molecule has 3 rings (SSSR count). The second kappa shape index (κ2) is 4.23. The van der Waals surface area contributed by atoms with E-state index in [0.29, 0.717) is 5.76 Å². The molecule has 0 aliphatic rings.